The van der Waals surface area contributed by atoms with Crippen LogP contribution in [-0.2, 0) is 65.4 Å². The van der Waals surface area contributed by atoms with Crippen molar-refractivity contribution in [3.8, 4) is 0 Å². The number of ether oxygens (including phenoxy) is 4. The third-order valence-corrected chi connectivity index (χ3v) is 17.5. The largest absolute Gasteiger partial charge is 0.472 e. The van der Waals surface area contributed by atoms with Crippen LogP contribution in [0.3, 0.4) is 0 Å². The fourth-order valence-electron chi connectivity index (χ4n) is 9.85. The molecule has 6 atom stereocenters. The Balaban J connectivity index is 5.07. The number of aliphatic hydroxyl groups excluding tert-OH is 1. The lowest BCUT2D eigenvalue weighted by Gasteiger charge is -2.21. The van der Waals surface area contributed by atoms with Gasteiger partial charge >= 0.3 is 39.5 Å². The highest BCUT2D eigenvalue weighted by molar-refractivity contribution is 7.47. The van der Waals surface area contributed by atoms with Crippen LogP contribution >= 0.6 is 15.6 Å². The van der Waals surface area contributed by atoms with Crippen molar-refractivity contribution in [2.45, 2.75) is 349 Å². The van der Waals surface area contributed by atoms with Gasteiger partial charge in [0.1, 0.15) is 19.3 Å². The molecular formula is C66H128O17P2. The molecule has 0 fully saturated rings. The van der Waals surface area contributed by atoms with Gasteiger partial charge < -0.3 is 33.8 Å². The van der Waals surface area contributed by atoms with Gasteiger partial charge in [-0.3, -0.25) is 37.3 Å². The summed E-state index contributed by atoms with van der Waals surface area (Å²) in [5.41, 5.74) is 0. The van der Waals surface area contributed by atoms with E-state index >= 15 is 0 Å². The summed E-state index contributed by atoms with van der Waals surface area (Å²) in [5.74, 6) is -0.749. The molecule has 19 heteroatoms. The first-order chi connectivity index (χ1) is 40.9. The van der Waals surface area contributed by atoms with Gasteiger partial charge in [0.25, 0.3) is 0 Å². The second kappa shape index (κ2) is 58.4. The molecule has 0 aliphatic rings. The third kappa shape index (κ3) is 59.5. The van der Waals surface area contributed by atoms with E-state index in [4.69, 9.17) is 37.0 Å². The molecule has 504 valence electrons. The van der Waals surface area contributed by atoms with Gasteiger partial charge in [0.15, 0.2) is 12.2 Å². The molecule has 0 rings (SSSR count). The maximum Gasteiger partial charge on any atom is 0.472 e. The summed E-state index contributed by atoms with van der Waals surface area (Å²) in [6.07, 6.45) is 42.5. The topological polar surface area (TPSA) is 237 Å². The minimum Gasteiger partial charge on any atom is -0.462 e. The highest BCUT2D eigenvalue weighted by Gasteiger charge is 2.30. The van der Waals surface area contributed by atoms with Crippen LogP contribution in [-0.4, -0.2) is 96.7 Å². The Morgan fingerprint density at radius 1 is 0.341 bits per heavy atom. The lowest BCUT2D eigenvalue weighted by molar-refractivity contribution is -0.161. The van der Waals surface area contributed by atoms with Crippen molar-refractivity contribution in [1.82, 2.24) is 0 Å². The van der Waals surface area contributed by atoms with Gasteiger partial charge in [-0.1, -0.05) is 279 Å². The Labute approximate surface area is 517 Å². The lowest BCUT2D eigenvalue weighted by atomic mass is 10.00. The number of carbonyl (C=O) groups is 4. The number of hydrogen-bond donors (Lipinski definition) is 3. The smallest absolute Gasteiger partial charge is 0.462 e. The first-order valence-corrected chi connectivity index (χ1v) is 37.5. The molecule has 0 spiro atoms. The quantitative estimate of drug-likeness (QED) is 0.0222. The van der Waals surface area contributed by atoms with E-state index in [9.17, 15) is 43.2 Å². The van der Waals surface area contributed by atoms with E-state index in [1.165, 1.54) is 135 Å². The van der Waals surface area contributed by atoms with E-state index in [1.807, 2.05) is 0 Å². The molecule has 0 aromatic rings. The molecule has 85 heavy (non-hydrogen) atoms. The summed E-state index contributed by atoms with van der Waals surface area (Å²) in [5, 5.41) is 10.5. The molecule has 3 N–H and O–H groups in total. The van der Waals surface area contributed by atoms with Crippen LogP contribution in [0.1, 0.15) is 330 Å². The highest BCUT2D eigenvalue weighted by atomic mass is 31.2. The van der Waals surface area contributed by atoms with Crippen LogP contribution in [0.4, 0.5) is 0 Å². The number of unbranched alkanes of at least 4 members (excludes halogenated alkanes) is 34. The van der Waals surface area contributed by atoms with E-state index in [0.29, 0.717) is 31.6 Å². The number of aliphatic hydroxyl groups is 1. The zero-order valence-electron chi connectivity index (χ0n) is 54.9. The van der Waals surface area contributed by atoms with Crippen molar-refractivity contribution in [3.63, 3.8) is 0 Å². The normalized spacial score (nSPS) is 14.6. The number of carbonyl (C=O) groups excluding carboxylic acids is 4. The summed E-state index contributed by atoms with van der Waals surface area (Å²) < 4.78 is 67.8. The van der Waals surface area contributed by atoms with Gasteiger partial charge in [-0.15, -0.1) is 0 Å². The van der Waals surface area contributed by atoms with Gasteiger partial charge in [0.05, 0.1) is 26.4 Å². The first-order valence-electron chi connectivity index (χ1n) is 34.5. The summed E-state index contributed by atoms with van der Waals surface area (Å²) in [4.78, 5) is 71.9. The summed E-state index contributed by atoms with van der Waals surface area (Å²) in [7, 11) is -9.88. The molecule has 0 saturated carbocycles. The zero-order valence-corrected chi connectivity index (χ0v) is 56.7. The molecule has 0 bridgehead atoms. The minimum atomic E-state index is -4.94. The third-order valence-electron chi connectivity index (χ3n) is 15.6. The van der Waals surface area contributed by atoms with Crippen molar-refractivity contribution in [1.29, 1.82) is 0 Å². The van der Waals surface area contributed by atoms with Crippen LogP contribution in [0.25, 0.3) is 0 Å². The number of esters is 4. The number of hydrogen-bond acceptors (Lipinski definition) is 15. The van der Waals surface area contributed by atoms with Gasteiger partial charge in [-0.2, -0.15) is 0 Å². The molecular weight excluding hydrogens is 1130 g/mol. The number of phosphoric ester groups is 2. The Bertz CT molecular complexity index is 1670. The van der Waals surface area contributed by atoms with Crippen molar-refractivity contribution in [2.75, 3.05) is 39.6 Å². The Hall–Kier alpha value is -1.94. The van der Waals surface area contributed by atoms with Crippen LogP contribution in [0.2, 0.25) is 0 Å². The standard InChI is InChI=1S/C66H128O17P2/c1-7-10-12-14-15-16-17-18-19-20-21-22-23-24-25-26-27-28-29-38-44-50-65(70)82-62(55-77-64(69)49-43-37-33-31-36-41-47-59(6)9-3)57-81-85(74,75)79-53-60(67)52-78-84(72,73)80-56-61(54-76-63(68)48-42-34-13-11-8-2)83-66(71)51-45-39-32-30-35-40-46-58(4)5/h58-62,67H,7-57H2,1-6H3,(H,72,73)(H,74,75)/t59?,60-,61+,62+/m0/s1. The van der Waals surface area contributed by atoms with E-state index in [2.05, 4.69) is 41.5 Å². The van der Waals surface area contributed by atoms with Crippen LogP contribution in [0, 0.1) is 11.8 Å². The molecule has 0 aromatic carbocycles. The Morgan fingerprint density at radius 3 is 0.894 bits per heavy atom. The van der Waals surface area contributed by atoms with Gasteiger partial charge in [-0.25, -0.2) is 9.13 Å². The summed E-state index contributed by atoms with van der Waals surface area (Å²) >= 11 is 0. The minimum absolute atomic E-state index is 0.101. The molecule has 17 nitrogen and oxygen atoms in total. The highest BCUT2D eigenvalue weighted by Crippen LogP contribution is 2.45. The Kier molecular flexibility index (Phi) is 57.1. The molecule has 0 aromatic heterocycles. The second-order valence-corrected chi connectivity index (χ2v) is 27.5. The van der Waals surface area contributed by atoms with Crippen LogP contribution < -0.4 is 0 Å². The molecule has 0 aliphatic heterocycles. The first kappa shape index (κ1) is 83.1. The fourth-order valence-corrected chi connectivity index (χ4v) is 11.4. The average Bonchev–Trinajstić information content (AvgIpc) is 3.53. The molecule has 0 aliphatic carbocycles. The molecule has 0 radical (unpaired) electrons. The molecule has 0 heterocycles. The molecule has 0 amide bonds. The van der Waals surface area contributed by atoms with Crippen LogP contribution in [0.15, 0.2) is 0 Å². The van der Waals surface area contributed by atoms with Gasteiger partial charge in [0, 0.05) is 25.7 Å². The lowest BCUT2D eigenvalue weighted by Crippen LogP contribution is -2.30. The average molecular weight is 1260 g/mol. The van der Waals surface area contributed by atoms with Crippen LogP contribution in [0.5, 0.6) is 0 Å². The van der Waals surface area contributed by atoms with Crippen molar-refractivity contribution in [3.05, 3.63) is 0 Å². The SMILES string of the molecule is CCCCCCCCCCCCCCCCCCCCCCCC(=O)O[C@H](COC(=O)CCCCCCCCC(C)CC)COP(=O)(O)OC[C@@H](O)COP(=O)(O)OC[C@@H](COC(=O)CCCCCCC)OC(=O)CCCCCCCCC(C)C. The number of phosphoric acid groups is 2. The second-order valence-electron chi connectivity index (χ2n) is 24.6. The fraction of sp³-hybridized carbons (Fsp3) is 0.939. The van der Waals surface area contributed by atoms with E-state index in [-0.39, 0.29) is 25.7 Å². The monoisotopic (exact) mass is 1250 g/mol. The van der Waals surface area contributed by atoms with Crippen molar-refractivity contribution < 1.29 is 80.2 Å². The zero-order chi connectivity index (χ0) is 62.9. The summed E-state index contributed by atoms with van der Waals surface area (Å²) in [6.45, 7) is 9.28. The van der Waals surface area contributed by atoms with E-state index in [1.54, 1.807) is 0 Å². The van der Waals surface area contributed by atoms with E-state index in [0.717, 1.165) is 109 Å². The molecule has 0 saturated heterocycles. The maximum atomic E-state index is 13.0. The van der Waals surface area contributed by atoms with Gasteiger partial charge in [0.2, 0.25) is 0 Å². The molecule has 3 unspecified atom stereocenters. The predicted molar refractivity (Wildman–Crippen MR) is 340 cm³/mol. The predicted octanol–water partition coefficient (Wildman–Crippen LogP) is 18.4. The summed E-state index contributed by atoms with van der Waals surface area (Å²) in [6, 6.07) is 0. The van der Waals surface area contributed by atoms with Crippen molar-refractivity contribution in [2.24, 2.45) is 11.8 Å². The van der Waals surface area contributed by atoms with Crippen molar-refractivity contribution >= 4 is 39.5 Å². The van der Waals surface area contributed by atoms with Gasteiger partial charge in [-0.05, 0) is 37.5 Å². The maximum absolute atomic E-state index is 13.0. The van der Waals surface area contributed by atoms with E-state index < -0.39 is 97.5 Å². The number of rotatable bonds is 65. The Morgan fingerprint density at radius 2 is 0.600 bits per heavy atom.